The predicted molar refractivity (Wildman–Crippen MR) is 62.3 cm³/mol. The molecule has 1 saturated heterocycles. The van der Waals surface area contributed by atoms with Gasteiger partial charge in [-0.25, -0.2) is 14.4 Å². The second-order valence-electron chi connectivity index (χ2n) is 4.47. The molecule has 0 radical (unpaired) electrons. The van der Waals surface area contributed by atoms with Crippen molar-refractivity contribution in [1.82, 2.24) is 9.97 Å². The molecule has 0 unspecified atom stereocenters. The van der Waals surface area contributed by atoms with E-state index in [-0.39, 0.29) is 17.5 Å². The molecule has 1 aromatic heterocycles. The number of halogens is 1. The third-order valence-electron chi connectivity index (χ3n) is 3.31. The van der Waals surface area contributed by atoms with Gasteiger partial charge in [0, 0.05) is 19.0 Å². The smallest absolute Gasteiger partial charge is 0.186 e. The molecule has 0 aliphatic carbocycles. The van der Waals surface area contributed by atoms with Gasteiger partial charge < -0.3 is 4.90 Å². The van der Waals surface area contributed by atoms with E-state index in [1.807, 2.05) is 4.90 Å². The zero-order valence-corrected chi connectivity index (χ0v) is 10.1. The van der Waals surface area contributed by atoms with Crippen LogP contribution in [0, 0.1) is 18.7 Å². The molecule has 1 fully saturated rings. The van der Waals surface area contributed by atoms with Gasteiger partial charge >= 0.3 is 0 Å². The highest BCUT2D eigenvalue weighted by molar-refractivity contribution is 5.78. The van der Waals surface area contributed by atoms with Gasteiger partial charge in [0.05, 0.1) is 5.69 Å². The molecule has 0 spiro atoms. The number of piperidine rings is 1. The summed E-state index contributed by atoms with van der Waals surface area (Å²) < 4.78 is 13.8. The van der Waals surface area contributed by atoms with Crippen molar-refractivity contribution in [2.75, 3.05) is 18.0 Å². The molecule has 0 atom stereocenters. The van der Waals surface area contributed by atoms with Gasteiger partial charge in [0.25, 0.3) is 0 Å². The van der Waals surface area contributed by atoms with Crippen LogP contribution in [-0.4, -0.2) is 28.8 Å². The number of anilines is 1. The maximum Gasteiger partial charge on any atom is 0.186 e. The summed E-state index contributed by atoms with van der Waals surface area (Å²) in [5.74, 6) is 0.356. The fourth-order valence-electron chi connectivity index (χ4n) is 2.16. The summed E-state index contributed by atoms with van der Waals surface area (Å²) in [7, 11) is 0. The van der Waals surface area contributed by atoms with Crippen LogP contribution >= 0.6 is 0 Å². The Morgan fingerprint density at radius 1 is 1.41 bits per heavy atom. The van der Waals surface area contributed by atoms with Crippen LogP contribution in [0.1, 0.15) is 25.5 Å². The third-order valence-corrected chi connectivity index (χ3v) is 3.31. The second-order valence-corrected chi connectivity index (χ2v) is 4.47. The summed E-state index contributed by atoms with van der Waals surface area (Å²) in [5, 5.41) is 0. The van der Waals surface area contributed by atoms with E-state index in [1.54, 1.807) is 13.8 Å². The normalized spacial score (nSPS) is 17.2. The first-order chi connectivity index (χ1) is 8.09. The Hall–Kier alpha value is -1.52. The zero-order valence-electron chi connectivity index (χ0n) is 10.1. The van der Waals surface area contributed by atoms with Crippen LogP contribution in [0.2, 0.25) is 0 Å². The number of ketones is 1. The van der Waals surface area contributed by atoms with Crippen molar-refractivity contribution >= 4 is 11.6 Å². The molecule has 0 bridgehead atoms. The van der Waals surface area contributed by atoms with Crippen LogP contribution in [0.25, 0.3) is 0 Å². The lowest BCUT2D eigenvalue weighted by molar-refractivity contribution is -0.121. The maximum atomic E-state index is 13.8. The van der Waals surface area contributed by atoms with Gasteiger partial charge in [0.15, 0.2) is 11.6 Å². The number of hydrogen-bond donors (Lipinski definition) is 0. The van der Waals surface area contributed by atoms with Crippen molar-refractivity contribution in [2.24, 2.45) is 5.92 Å². The van der Waals surface area contributed by atoms with Crippen LogP contribution in [0.3, 0.4) is 0 Å². The minimum atomic E-state index is -0.353. The highest BCUT2D eigenvalue weighted by Gasteiger charge is 2.25. The summed E-state index contributed by atoms with van der Waals surface area (Å²) in [6.07, 6.45) is 2.93. The molecule has 2 heterocycles. The Morgan fingerprint density at radius 3 is 2.65 bits per heavy atom. The van der Waals surface area contributed by atoms with Gasteiger partial charge in [0.2, 0.25) is 0 Å². The fraction of sp³-hybridized carbons (Fsp3) is 0.583. The van der Waals surface area contributed by atoms with E-state index in [0.717, 1.165) is 12.8 Å². The van der Waals surface area contributed by atoms with E-state index in [2.05, 4.69) is 9.97 Å². The molecule has 2 rings (SSSR count). The number of carbonyl (C=O) groups excluding carboxylic acids is 1. The second kappa shape index (κ2) is 4.77. The topological polar surface area (TPSA) is 46.1 Å². The van der Waals surface area contributed by atoms with E-state index >= 15 is 0 Å². The number of carbonyl (C=O) groups is 1. The van der Waals surface area contributed by atoms with Gasteiger partial charge in [-0.15, -0.1) is 0 Å². The molecule has 1 aliphatic rings. The standard InChI is InChI=1S/C12H16FN3O/c1-8-11(13)12(15-7-14-8)16-5-3-10(4-6-16)9(2)17/h7,10H,3-6H2,1-2H3. The monoisotopic (exact) mass is 237 g/mol. The zero-order chi connectivity index (χ0) is 12.4. The van der Waals surface area contributed by atoms with Gasteiger partial charge in [-0.3, -0.25) is 4.79 Å². The Bertz CT molecular complexity index is 428. The fourth-order valence-corrected chi connectivity index (χ4v) is 2.16. The van der Waals surface area contributed by atoms with Crippen molar-refractivity contribution in [2.45, 2.75) is 26.7 Å². The first kappa shape index (κ1) is 12.0. The molecule has 5 heteroatoms. The third kappa shape index (κ3) is 2.43. The lowest BCUT2D eigenvalue weighted by Gasteiger charge is -2.31. The van der Waals surface area contributed by atoms with Crippen LogP contribution in [-0.2, 0) is 4.79 Å². The summed E-state index contributed by atoms with van der Waals surface area (Å²) in [6.45, 7) is 4.60. The summed E-state index contributed by atoms with van der Waals surface area (Å²) in [4.78, 5) is 20.9. The number of aryl methyl sites for hydroxylation is 1. The summed E-state index contributed by atoms with van der Waals surface area (Å²) in [5.41, 5.74) is 0.365. The average Bonchev–Trinajstić information content (AvgIpc) is 2.33. The number of rotatable bonds is 2. The van der Waals surface area contributed by atoms with E-state index in [1.165, 1.54) is 6.33 Å². The lowest BCUT2D eigenvalue weighted by Crippen LogP contribution is -2.37. The Kier molecular flexibility index (Phi) is 3.36. The number of hydrogen-bond acceptors (Lipinski definition) is 4. The quantitative estimate of drug-likeness (QED) is 0.786. The first-order valence-corrected chi connectivity index (χ1v) is 5.82. The molecule has 1 aromatic rings. The van der Waals surface area contributed by atoms with Crippen molar-refractivity contribution in [3.8, 4) is 0 Å². The largest absolute Gasteiger partial charge is 0.354 e. The number of aromatic nitrogens is 2. The molecule has 17 heavy (non-hydrogen) atoms. The first-order valence-electron chi connectivity index (χ1n) is 5.82. The molecule has 0 amide bonds. The van der Waals surface area contributed by atoms with Crippen molar-refractivity contribution in [1.29, 1.82) is 0 Å². The summed E-state index contributed by atoms with van der Waals surface area (Å²) >= 11 is 0. The minimum absolute atomic E-state index is 0.122. The lowest BCUT2D eigenvalue weighted by atomic mass is 9.93. The highest BCUT2D eigenvalue weighted by Crippen LogP contribution is 2.24. The van der Waals surface area contributed by atoms with Crippen molar-refractivity contribution in [3.05, 3.63) is 17.8 Å². The number of Topliss-reactive ketones (excluding diaryl/α,β-unsaturated/α-hetero) is 1. The van der Waals surface area contributed by atoms with Gasteiger partial charge in [-0.05, 0) is 26.7 Å². The molecule has 0 saturated carbocycles. The SMILES string of the molecule is CC(=O)C1CCN(c2ncnc(C)c2F)CC1. The summed E-state index contributed by atoms with van der Waals surface area (Å²) in [6, 6.07) is 0. The Labute approximate surface area is 99.9 Å². The minimum Gasteiger partial charge on any atom is -0.354 e. The van der Waals surface area contributed by atoms with E-state index in [0.29, 0.717) is 24.6 Å². The van der Waals surface area contributed by atoms with Crippen LogP contribution in [0.15, 0.2) is 6.33 Å². The molecule has 4 nitrogen and oxygen atoms in total. The van der Waals surface area contributed by atoms with Crippen molar-refractivity contribution < 1.29 is 9.18 Å². The maximum absolute atomic E-state index is 13.8. The number of nitrogens with zero attached hydrogens (tertiary/aromatic N) is 3. The Morgan fingerprint density at radius 2 is 2.06 bits per heavy atom. The molecule has 0 aromatic carbocycles. The average molecular weight is 237 g/mol. The van der Waals surface area contributed by atoms with E-state index in [4.69, 9.17) is 0 Å². The van der Waals surface area contributed by atoms with Crippen LogP contribution in [0.4, 0.5) is 10.2 Å². The van der Waals surface area contributed by atoms with Crippen LogP contribution < -0.4 is 4.90 Å². The van der Waals surface area contributed by atoms with Gasteiger partial charge in [0.1, 0.15) is 12.1 Å². The van der Waals surface area contributed by atoms with Crippen LogP contribution in [0.5, 0.6) is 0 Å². The molecular weight excluding hydrogens is 221 g/mol. The van der Waals surface area contributed by atoms with Crippen molar-refractivity contribution in [3.63, 3.8) is 0 Å². The van der Waals surface area contributed by atoms with Gasteiger partial charge in [-0.1, -0.05) is 0 Å². The predicted octanol–water partition coefficient (Wildman–Crippen LogP) is 1.73. The molecule has 1 aliphatic heterocycles. The van der Waals surface area contributed by atoms with E-state index < -0.39 is 0 Å². The highest BCUT2D eigenvalue weighted by atomic mass is 19.1. The molecule has 0 N–H and O–H groups in total. The molecule has 92 valence electrons. The van der Waals surface area contributed by atoms with Gasteiger partial charge in [-0.2, -0.15) is 0 Å². The Balaban J connectivity index is 2.10. The molecular formula is C12H16FN3O. The van der Waals surface area contributed by atoms with E-state index in [9.17, 15) is 9.18 Å².